The van der Waals surface area contributed by atoms with E-state index in [-0.39, 0.29) is 60.3 Å². The van der Waals surface area contributed by atoms with Gasteiger partial charge in [0, 0.05) is 42.5 Å². The normalized spacial score (nSPS) is 17.8. The standard InChI is InChI=1S/C10H15ClN4.C10H11ClN4.Al.Li.4H/c2*11-10-13-6-8(7-14-10)9(5-12)15-3-1-2-4-15;;;;;;/h6-7,9H,1-5,12H2;6-7,9H,1-4H2;;;;;;/q;;;+1;;;;-1. The van der Waals surface area contributed by atoms with Gasteiger partial charge in [-0.2, -0.15) is 5.26 Å². The summed E-state index contributed by atoms with van der Waals surface area (Å²) in [6.45, 7) is 4.78. The number of rotatable bonds is 5. The van der Waals surface area contributed by atoms with Gasteiger partial charge in [-0.1, -0.05) is 0 Å². The van der Waals surface area contributed by atoms with Crippen LogP contribution in [0, 0.1) is 11.3 Å². The maximum Gasteiger partial charge on any atom is 1.00 e. The Morgan fingerprint density at radius 2 is 1.28 bits per heavy atom. The number of hydrogen-bond donors (Lipinski definition) is 1. The van der Waals surface area contributed by atoms with Crippen LogP contribution < -0.4 is 24.6 Å². The quantitative estimate of drug-likeness (QED) is 0.421. The van der Waals surface area contributed by atoms with E-state index in [0.717, 1.165) is 50.1 Å². The molecule has 2 aliphatic rings. The molecule has 0 aromatic carbocycles. The molecule has 2 fully saturated rings. The summed E-state index contributed by atoms with van der Waals surface area (Å²) in [7, 11) is 0. The largest absolute Gasteiger partial charge is 1.00 e. The van der Waals surface area contributed by atoms with Crippen molar-refractivity contribution >= 4 is 40.6 Å². The van der Waals surface area contributed by atoms with Crippen molar-refractivity contribution in [2.75, 3.05) is 32.7 Å². The van der Waals surface area contributed by atoms with Crippen molar-refractivity contribution in [2.45, 2.75) is 37.8 Å². The molecule has 2 saturated heterocycles. The van der Waals surface area contributed by atoms with E-state index >= 15 is 0 Å². The predicted octanol–water partition coefficient (Wildman–Crippen LogP) is -1.05. The van der Waals surface area contributed by atoms with Crippen LogP contribution in [0.3, 0.4) is 0 Å². The summed E-state index contributed by atoms with van der Waals surface area (Å²) >= 11 is 11.3. The fourth-order valence-electron chi connectivity index (χ4n) is 3.87. The van der Waals surface area contributed by atoms with Crippen LogP contribution in [-0.4, -0.2) is 79.8 Å². The molecular formula is C20H30AlCl2LiN8. The van der Waals surface area contributed by atoms with Crippen LogP contribution >= 0.6 is 23.2 Å². The van der Waals surface area contributed by atoms with Crippen LogP contribution in [0.4, 0.5) is 0 Å². The zero-order valence-electron chi connectivity index (χ0n) is 18.8. The van der Waals surface area contributed by atoms with E-state index in [1.165, 1.54) is 12.8 Å². The Morgan fingerprint density at radius 3 is 1.69 bits per heavy atom. The van der Waals surface area contributed by atoms with Crippen LogP contribution in [0.1, 0.15) is 50.3 Å². The minimum Gasteiger partial charge on any atom is -1.00 e. The molecule has 2 aromatic heterocycles. The number of likely N-dealkylation sites (tertiary alicyclic amines) is 2. The smallest absolute Gasteiger partial charge is 1.00 e. The monoisotopic (exact) mass is 486 g/mol. The molecule has 0 radical (unpaired) electrons. The third-order valence-electron chi connectivity index (χ3n) is 5.41. The summed E-state index contributed by atoms with van der Waals surface area (Å²) in [5, 5.41) is 9.64. The zero-order valence-corrected chi connectivity index (χ0v) is 19.3. The van der Waals surface area contributed by atoms with Gasteiger partial charge in [-0.05, 0) is 75.1 Å². The van der Waals surface area contributed by atoms with Crippen molar-refractivity contribution in [3.05, 3.63) is 46.5 Å². The first-order valence-corrected chi connectivity index (χ1v) is 10.9. The van der Waals surface area contributed by atoms with Gasteiger partial charge < -0.3 is 7.16 Å². The molecule has 4 heterocycles. The molecule has 12 heteroatoms. The Bertz CT molecular complexity index is 831. The third-order valence-corrected chi connectivity index (χ3v) is 5.80. The van der Waals surface area contributed by atoms with Gasteiger partial charge in [0.1, 0.15) is 6.04 Å². The molecular weight excluding hydrogens is 457 g/mol. The Labute approximate surface area is 223 Å². The van der Waals surface area contributed by atoms with Gasteiger partial charge in [-0.15, -0.1) is 0 Å². The minimum absolute atomic E-state index is 0. The summed E-state index contributed by atoms with van der Waals surface area (Å²) in [5.74, 6) is 0. The summed E-state index contributed by atoms with van der Waals surface area (Å²) in [4.78, 5) is 20.3. The molecule has 2 N–H and O–H groups in total. The fourth-order valence-corrected chi connectivity index (χ4v) is 4.07. The van der Waals surface area contributed by atoms with E-state index in [1.807, 2.05) is 0 Å². The number of halogens is 2. The van der Waals surface area contributed by atoms with Crippen LogP contribution in [0.15, 0.2) is 24.8 Å². The summed E-state index contributed by atoms with van der Waals surface area (Å²) in [6, 6.07) is 2.29. The Morgan fingerprint density at radius 1 is 0.875 bits per heavy atom. The van der Waals surface area contributed by atoms with Gasteiger partial charge >= 0.3 is 18.9 Å². The fraction of sp³-hybridized carbons (Fsp3) is 0.550. The molecule has 8 nitrogen and oxygen atoms in total. The van der Waals surface area contributed by atoms with E-state index in [2.05, 4.69) is 35.8 Å². The van der Waals surface area contributed by atoms with Gasteiger partial charge in [0.25, 0.3) is 0 Å². The molecule has 2 atom stereocenters. The number of aromatic nitrogens is 4. The van der Waals surface area contributed by atoms with Gasteiger partial charge in [-0.3, -0.25) is 9.80 Å². The van der Waals surface area contributed by atoms with E-state index in [4.69, 9.17) is 34.2 Å². The average Bonchev–Trinajstić information content (AvgIpc) is 3.47. The SMILES string of the molecule is N#CC(c1cnc(Cl)nc1)N1CCCC1.NCC(c1cnc(Cl)nc1)N1CCCC1.[AlH3].[H-].[Li+]. The van der Waals surface area contributed by atoms with Gasteiger partial charge in [-0.25, -0.2) is 19.9 Å². The molecule has 0 amide bonds. The molecule has 0 aliphatic carbocycles. The topological polar surface area (TPSA) is 108 Å². The molecule has 0 spiro atoms. The van der Waals surface area contributed by atoms with E-state index in [9.17, 15) is 0 Å². The molecule has 32 heavy (non-hydrogen) atoms. The van der Waals surface area contributed by atoms with Crippen LogP contribution in [0.5, 0.6) is 0 Å². The second kappa shape index (κ2) is 15.2. The van der Waals surface area contributed by atoms with Crippen molar-refractivity contribution in [3.63, 3.8) is 0 Å². The van der Waals surface area contributed by atoms with Crippen molar-refractivity contribution in [3.8, 4) is 6.07 Å². The van der Waals surface area contributed by atoms with Gasteiger partial charge in [0.2, 0.25) is 10.6 Å². The van der Waals surface area contributed by atoms with E-state index in [0.29, 0.717) is 6.54 Å². The zero-order chi connectivity index (χ0) is 21.3. The molecule has 2 aromatic rings. The molecule has 2 unspecified atom stereocenters. The number of nitrogens with two attached hydrogens (primary N) is 1. The first-order chi connectivity index (χ1) is 14.6. The number of nitrogens with zero attached hydrogens (tertiary/aromatic N) is 7. The van der Waals surface area contributed by atoms with Crippen LogP contribution in [-0.2, 0) is 0 Å². The molecule has 0 saturated carbocycles. The summed E-state index contributed by atoms with van der Waals surface area (Å²) in [5.41, 5.74) is 7.67. The summed E-state index contributed by atoms with van der Waals surface area (Å²) < 4.78 is 0. The third kappa shape index (κ3) is 8.23. The maximum atomic E-state index is 9.13. The molecule has 0 bridgehead atoms. The number of hydrogen-bond acceptors (Lipinski definition) is 8. The Hall–Kier alpha value is -0.760. The van der Waals surface area contributed by atoms with E-state index in [1.54, 1.807) is 24.8 Å². The van der Waals surface area contributed by atoms with Gasteiger partial charge in [0.15, 0.2) is 17.4 Å². The summed E-state index contributed by atoms with van der Waals surface area (Å²) in [6.07, 6.45) is 11.6. The maximum absolute atomic E-state index is 9.13. The van der Waals surface area contributed by atoms with Crippen LogP contribution in [0.25, 0.3) is 0 Å². The molecule has 168 valence electrons. The van der Waals surface area contributed by atoms with Crippen LogP contribution in [0.2, 0.25) is 10.6 Å². The van der Waals surface area contributed by atoms with Crippen molar-refractivity contribution < 1.29 is 20.3 Å². The number of nitriles is 1. The van der Waals surface area contributed by atoms with Gasteiger partial charge in [0.05, 0.1) is 12.1 Å². The Kier molecular flexibility index (Phi) is 13.9. The van der Waals surface area contributed by atoms with Crippen molar-refractivity contribution in [1.29, 1.82) is 5.26 Å². The first kappa shape index (κ1) is 29.3. The minimum atomic E-state index is -0.232. The Balaban J connectivity index is 0.000000569. The first-order valence-electron chi connectivity index (χ1n) is 10.1. The predicted molar refractivity (Wildman–Crippen MR) is 127 cm³/mol. The molecule has 2 aliphatic heterocycles. The average molecular weight is 487 g/mol. The van der Waals surface area contributed by atoms with Crippen molar-refractivity contribution in [2.24, 2.45) is 5.73 Å². The second-order valence-corrected chi connectivity index (χ2v) is 8.02. The molecule has 4 rings (SSSR count). The second-order valence-electron chi connectivity index (χ2n) is 7.34. The van der Waals surface area contributed by atoms with E-state index < -0.39 is 0 Å². The van der Waals surface area contributed by atoms with Crippen molar-refractivity contribution in [1.82, 2.24) is 29.7 Å².